The molecule has 0 unspecified atom stereocenters. The van der Waals surface area contributed by atoms with Crippen LogP contribution in [0, 0.1) is 0 Å². The van der Waals surface area contributed by atoms with Crippen LogP contribution in [0.5, 0.6) is 0 Å². The van der Waals surface area contributed by atoms with E-state index in [0.29, 0.717) is 6.17 Å². The van der Waals surface area contributed by atoms with Gasteiger partial charge in [-0.05, 0) is 32.2 Å². The van der Waals surface area contributed by atoms with Crippen LogP contribution in [0.15, 0.2) is 0 Å². The maximum Gasteiger partial charge on any atom is 0.0571 e. The summed E-state index contributed by atoms with van der Waals surface area (Å²) >= 11 is 0. The Balaban J connectivity index is 2.11. The lowest BCUT2D eigenvalue weighted by Gasteiger charge is -2.32. The van der Waals surface area contributed by atoms with Crippen LogP contribution in [-0.4, -0.2) is 37.9 Å². The number of likely N-dealkylation sites (tertiary alicyclic amines) is 1. The molecule has 1 aliphatic heterocycles. The van der Waals surface area contributed by atoms with Crippen LogP contribution < -0.4 is 5.73 Å². The lowest BCUT2D eigenvalue weighted by Crippen LogP contribution is -2.45. The minimum Gasteiger partial charge on any atom is -0.385 e. The van der Waals surface area contributed by atoms with Gasteiger partial charge in [-0.1, -0.05) is 0 Å². The van der Waals surface area contributed by atoms with Gasteiger partial charge in [0.15, 0.2) is 0 Å². The van der Waals surface area contributed by atoms with Crippen molar-refractivity contribution in [2.75, 3.05) is 26.8 Å². The highest BCUT2D eigenvalue weighted by molar-refractivity contribution is 4.71. The average Bonchev–Trinajstić information content (AvgIpc) is 2.09. The number of nitrogens with two attached hydrogens (primary N) is 1. The molecule has 0 aromatic carbocycles. The standard InChI is InChI=1S/C9H20N2O/c1-12-8-4-7-11-6-3-2-5-9(11)10/h9H,2-8,10H2,1H3/t9-/m0/s1. The molecule has 0 radical (unpaired) electrons. The van der Waals surface area contributed by atoms with Crippen molar-refractivity contribution in [2.24, 2.45) is 5.73 Å². The molecular weight excluding hydrogens is 152 g/mol. The number of piperidine rings is 1. The molecule has 1 saturated heterocycles. The second kappa shape index (κ2) is 5.51. The zero-order chi connectivity index (χ0) is 8.81. The molecular formula is C9H20N2O. The van der Waals surface area contributed by atoms with Crippen molar-refractivity contribution < 1.29 is 4.74 Å². The summed E-state index contributed by atoms with van der Waals surface area (Å²) in [6, 6.07) is 0. The van der Waals surface area contributed by atoms with Crippen molar-refractivity contribution in [2.45, 2.75) is 31.8 Å². The minimum atomic E-state index is 0.301. The van der Waals surface area contributed by atoms with E-state index in [1.807, 2.05) is 0 Å². The van der Waals surface area contributed by atoms with Crippen molar-refractivity contribution in [3.05, 3.63) is 0 Å². The summed E-state index contributed by atoms with van der Waals surface area (Å²) < 4.78 is 5.00. The molecule has 3 heteroatoms. The molecule has 1 atom stereocenters. The molecule has 1 aliphatic rings. The summed E-state index contributed by atoms with van der Waals surface area (Å²) in [7, 11) is 1.75. The zero-order valence-corrected chi connectivity index (χ0v) is 7.96. The lowest BCUT2D eigenvalue weighted by molar-refractivity contribution is 0.125. The van der Waals surface area contributed by atoms with Gasteiger partial charge in [0.25, 0.3) is 0 Å². The van der Waals surface area contributed by atoms with Gasteiger partial charge in [-0.25, -0.2) is 0 Å². The Hall–Kier alpha value is -0.120. The Morgan fingerprint density at radius 1 is 1.50 bits per heavy atom. The van der Waals surface area contributed by atoms with Gasteiger partial charge in [0.1, 0.15) is 0 Å². The van der Waals surface area contributed by atoms with E-state index in [-0.39, 0.29) is 0 Å². The number of methoxy groups -OCH3 is 1. The molecule has 0 spiro atoms. The first kappa shape index (κ1) is 9.96. The van der Waals surface area contributed by atoms with E-state index in [1.165, 1.54) is 19.4 Å². The third kappa shape index (κ3) is 3.09. The predicted octanol–water partition coefficient (Wildman–Crippen LogP) is 0.794. The zero-order valence-electron chi connectivity index (χ0n) is 7.96. The molecule has 12 heavy (non-hydrogen) atoms. The summed E-state index contributed by atoms with van der Waals surface area (Å²) in [6.45, 7) is 3.11. The Labute approximate surface area is 74.9 Å². The fraction of sp³-hybridized carbons (Fsp3) is 1.00. The highest BCUT2D eigenvalue weighted by Gasteiger charge is 2.17. The van der Waals surface area contributed by atoms with Crippen LogP contribution >= 0.6 is 0 Å². The first-order chi connectivity index (χ1) is 5.84. The molecule has 0 aromatic heterocycles. The van der Waals surface area contributed by atoms with Crippen LogP contribution in [0.25, 0.3) is 0 Å². The van der Waals surface area contributed by atoms with Crippen molar-refractivity contribution >= 4 is 0 Å². The molecule has 2 N–H and O–H groups in total. The number of hydrogen-bond donors (Lipinski definition) is 1. The number of rotatable bonds is 4. The fourth-order valence-electron chi connectivity index (χ4n) is 1.71. The molecule has 3 nitrogen and oxygen atoms in total. The Morgan fingerprint density at radius 2 is 2.33 bits per heavy atom. The molecule has 72 valence electrons. The Kier molecular flexibility index (Phi) is 4.58. The molecule has 1 rings (SSSR count). The van der Waals surface area contributed by atoms with Crippen molar-refractivity contribution in [3.63, 3.8) is 0 Å². The number of nitrogens with zero attached hydrogens (tertiary/aromatic N) is 1. The van der Waals surface area contributed by atoms with Gasteiger partial charge >= 0.3 is 0 Å². The van der Waals surface area contributed by atoms with Crippen molar-refractivity contribution in [3.8, 4) is 0 Å². The molecule has 0 aromatic rings. The molecule has 0 amide bonds. The molecule has 1 heterocycles. The van der Waals surface area contributed by atoms with Gasteiger partial charge in [0.2, 0.25) is 0 Å². The van der Waals surface area contributed by atoms with Crippen LogP contribution in [0.2, 0.25) is 0 Å². The lowest BCUT2D eigenvalue weighted by atomic mass is 10.1. The van der Waals surface area contributed by atoms with E-state index in [9.17, 15) is 0 Å². The fourth-order valence-corrected chi connectivity index (χ4v) is 1.71. The third-order valence-electron chi connectivity index (χ3n) is 2.46. The number of hydrogen-bond acceptors (Lipinski definition) is 3. The average molecular weight is 172 g/mol. The molecule has 0 saturated carbocycles. The summed E-state index contributed by atoms with van der Waals surface area (Å²) in [5, 5.41) is 0. The third-order valence-corrected chi connectivity index (χ3v) is 2.46. The highest BCUT2D eigenvalue weighted by Crippen LogP contribution is 2.12. The summed E-state index contributed by atoms with van der Waals surface area (Å²) in [5.74, 6) is 0. The van der Waals surface area contributed by atoms with Crippen molar-refractivity contribution in [1.82, 2.24) is 4.90 Å². The van der Waals surface area contributed by atoms with E-state index in [4.69, 9.17) is 10.5 Å². The first-order valence-corrected chi connectivity index (χ1v) is 4.83. The SMILES string of the molecule is COCCCN1CCCC[C@H]1N. The van der Waals surface area contributed by atoms with Crippen molar-refractivity contribution in [1.29, 1.82) is 0 Å². The quantitative estimate of drug-likeness (QED) is 0.637. The first-order valence-electron chi connectivity index (χ1n) is 4.83. The van der Waals surface area contributed by atoms with Crippen LogP contribution in [0.4, 0.5) is 0 Å². The van der Waals surface area contributed by atoms with E-state index in [2.05, 4.69) is 4.90 Å². The maximum atomic E-state index is 5.95. The minimum absolute atomic E-state index is 0.301. The van der Waals surface area contributed by atoms with Gasteiger partial charge in [0.05, 0.1) is 6.17 Å². The topological polar surface area (TPSA) is 38.5 Å². The van der Waals surface area contributed by atoms with E-state index < -0.39 is 0 Å². The molecule has 0 bridgehead atoms. The summed E-state index contributed by atoms with van der Waals surface area (Å²) in [4.78, 5) is 2.36. The predicted molar refractivity (Wildman–Crippen MR) is 49.9 cm³/mol. The largest absolute Gasteiger partial charge is 0.385 e. The maximum absolute atomic E-state index is 5.95. The van der Waals surface area contributed by atoms with Gasteiger partial charge in [-0.3, -0.25) is 4.90 Å². The second-order valence-electron chi connectivity index (χ2n) is 3.45. The van der Waals surface area contributed by atoms with Gasteiger partial charge in [-0.2, -0.15) is 0 Å². The second-order valence-corrected chi connectivity index (χ2v) is 3.45. The van der Waals surface area contributed by atoms with Crippen LogP contribution in [0.3, 0.4) is 0 Å². The van der Waals surface area contributed by atoms with E-state index >= 15 is 0 Å². The Morgan fingerprint density at radius 3 is 3.00 bits per heavy atom. The van der Waals surface area contributed by atoms with Crippen LogP contribution in [-0.2, 0) is 4.74 Å². The smallest absolute Gasteiger partial charge is 0.0571 e. The Bertz CT molecular complexity index is 119. The van der Waals surface area contributed by atoms with E-state index in [0.717, 1.165) is 26.0 Å². The molecule has 0 aliphatic carbocycles. The van der Waals surface area contributed by atoms with Crippen LogP contribution in [0.1, 0.15) is 25.7 Å². The summed E-state index contributed by atoms with van der Waals surface area (Å²) in [5.41, 5.74) is 5.95. The normalized spacial score (nSPS) is 26.0. The van der Waals surface area contributed by atoms with E-state index in [1.54, 1.807) is 7.11 Å². The van der Waals surface area contributed by atoms with Gasteiger partial charge in [-0.15, -0.1) is 0 Å². The monoisotopic (exact) mass is 172 g/mol. The van der Waals surface area contributed by atoms with Gasteiger partial charge < -0.3 is 10.5 Å². The number of ether oxygens (including phenoxy) is 1. The highest BCUT2D eigenvalue weighted by atomic mass is 16.5. The van der Waals surface area contributed by atoms with Gasteiger partial charge in [0, 0.05) is 20.3 Å². The summed E-state index contributed by atoms with van der Waals surface area (Å²) in [6.07, 6.45) is 5.16. The molecule has 1 fully saturated rings.